The van der Waals surface area contributed by atoms with E-state index in [9.17, 15) is 14.4 Å². The van der Waals surface area contributed by atoms with E-state index in [0.29, 0.717) is 11.5 Å². The Labute approximate surface area is 173 Å². The molecule has 30 heavy (non-hydrogen) atoms. The van der Waals surface area contributed by atoms with Gasteiger partial charge in [-0.25, -0.2) is 14.4 Å². The third-order valence-corrected chi connectivity index (χ3v) is 4.29. The van der Waals surface area contributed by atoms with Gasteiger partial charge in [0.25, 0.3) is 0 Å². The zero-order valence-corrected chi connectivity index (χ0v) is 16.6. The predicted octanol–water partition coefficient (Wildman–Crippen LogP) is 3.15. The van der Waals surface area contributed by atoms with Gasteiger partial charge in [0.2, 0.25) is 0 Å². The number of hydrogen-bond acceptors (Lipinski definition) is 6. The molecule has 2 aromatic rings. The lowest BCUT2D eigenvalue weighted by Gasteiger charge is -2.26. The molecule has 0 aliphatic carbocycles. The summed E-state index contributed by atoms with van der Waals surface area (Å²) in [6.45, 7) is 3.21. The second kappa shape index (κ2) is 9.60. The van der Waals surface area contributed by atoms with Crippen LogP contribution in [-0.2, 0) is 14.3 Å². The maximum Gasteiger partial charge on any atom is 0.342 e. The van der Waals surface area contributed by atoms with Crippen LogP contribution < -0.4 is 15.4 Å². The molecular formula is C22H22N2O6. The van der Waals surface area contributed by atoms with Crippen LogP contribution in [0, 0.1) is 0 Å². The van der Waals surface area contributed by atoms with Crippen molar-refractivity contribution in [2.75, 3.05) is 13.2 Å². The Morgan fingerprint density at radius 3 is 2.40 bits per heavy atom. The minimum Gasteiger partial charge on any atom is -0.463 e. The topological polar surface area (TPSA) is 103 Å². The highest BCUT2D eigenvalue weighted by Gasteiger charge is 2.30. The van der Waals surface area contributed by atoms with Gasteiger partial charge < -0.3 is 24.8 Å². The summed E-state index contributed by atoms with van der Waals surface area (Å²) in [5.41, 5.74) is 0.602. The number of urea groups is 1. The molecule has 0 bridgehead atoms. The number of ether oxygens (including phenoxy) is 3. The molecule has 156 valence electrons. The van der Waals surface area contributed by atoms with Gasteiger partial charge in [0.05, 0.1) is 23.9 Å². The summed E-state index contributed by atoms with van der Waals surface area (Å²) < 4.78 is 16.2. The van der Waals surface area contributed by atoms with E-state index in [1.807, 2.05) is 18.2 Å². The van der Waals surface area contributed by atoms with Crippen molar-refractivity contribution in [3.63, 3.8) is 0 Å². The Bertz CT molecular complexity index is 971. The first-order chi connectivity index (χ1) is 14.5. The van der Waals surface area contributed by atoms with Crippen LogP contribution in [0.5, 0.6) is 11.5 Å². The molecule has 8 nitrogen and oxygen atoms in total. The highest BCUT2D eigenvalue weighted by atomic mass is 16.5. The lowest BCUT2D eigenvalue weighted by molar-refractivity contribution is -0.139. The standard InChI is InChI=1S/C22H22N2O6/c1-3-28-21(26)19-14(2)23-22(27)24-17(19)13-29-20(25)16-11-7-8-12-18(16)30-15-9-5-4-6-10-15/h4-12,14H,3,13H2,1-2H3,(H2,23,24,27)/t14-/m0/s1. The van der Waals surface area contributed by atoms with Gasteiger partial charge in [-0.05, 0) is 38.1 Å². The highest BCUT2D eigenvalue weighted by Crippen LogP contribution is 2.26. The van der Waals surface area contributed by atoms with Crippen LogP contribution in [0.4, 0.5) is 4.79 Å². The number of carbonyl (C=O) groups is 3. The minimum absolute atomic E-state index is 0.180. The number of nitrogens with one attached hydrogen (secondary N) is 2. The fourth-order valence-corrected chi connectivity index (χ4v) is 2.95. The second-order valence-electron chi connectivity index (χ2n) is 6.42. The molecular weight excluding hydrogens is 388 g/mol. The monoisotopic (exact) mass is 410 g/mol. The van der Waals surface area contributed by atoms with Crippen molar-refractivity contribution in [1.29, 1.82) is 0 Å². The van der Waals surface area contributed by atoms with Crippen molar-refractivity contribution in [3.05, 3.63) is 71.4 Å². The van der Waals surface area contributed by atoms with Crippen molar-refractivity contribution in [3.8, 4) is 11.5 Å². The predicted molar refractivity (Wildman–Crippen MR) is 108 cm³/mol. The molecule has 1 heterocycles. The normalized spacial score (nSPS) is 15.7. The van der Waals surface area contributed by atoms with E-state index in [1.54, 1.807) is 50.2 Å². The molecule has 1 aliphatic heterocycles. The van der Waals surface area contributed by atoms with Crippen LogP contribution in [0.15, 0.2) is 65.9 Å². The third kappa shape index (κ3) is 4.96. The quantitative estimate of drug-likeness (QED) is 0.680. The van der Waals surface area contributed by atoms with E-state index in [1.165, 1.54) is 0 Å². The summed E-state index contributed by atoms with van der Waals surface area (Å²) in [6, 6.07) is 14.6. The Morgan fingerprint density at radius 1 is 0.967 bits per heavy atom. The first-order valence-electron chi connectivity index (χ1n) is 9.46. The van der Waals surface area contributed by atoms with Gasteiger partial charge in [0, 0.05) is 0 Å². The zero-order chi connectivity index (χ0) is 21.5. The molecule has 1 aliphatic rings. The number of hydrogen-bond donors (Lipinski definition) is 2. The highest BCUT2D eigenvalue weighted by molar-refractivity contribution is 5.95. The summed E-state index contributed by atoms with van der Waals surface area (Å²) in [7, 11) is 0. The van der Waals surface area contributed by atoms with Crippen LogP contribution >= 0.6 is 0 Å². The Kier molecular flexibility index (Phi) is 6.69. The van der Waals surface area contributed by atoms with Crippen molar-refractivity contribution in [2.24, 2.45) is 0 Å². The molecule has 2 N–H and O–H groups in total. The summed E-state index contributed by atoms with van der Waals surface area (Å²) in [6.07, 6.45) is 0. The summed E-state index contributed by atoms with van der Waals surface area (Å²) >= 11 is 0. The van der Waals surface area contributed by atoms with Gasteiger partial charge in [-0.2, -0.15) is 0 Å². The van der Waals surface area contributed by atoms with Crippen LogP contribution in [0.3, 0.4) is 0 Å². The van der Waals surface area contributed by atoms with E-state index in [0.717, 1.165) is 0 Å². The molecule has 8 heteroatoms. The molecule has 0 aromatic heterocycles. The summed E-state index contributed by atoms with van der Waals surface area (Å²) in [4.78, 5) is 36.8. The van der Waals surface area contributed by atoms with Crippen LogP contribution in [-0.4, -0.2) is 37.2 Å². The van der Waals surface area contributed by atoms with E-state index < -0.39 is 24.0 Å². The van der Waals surface area contributed by atoms with Crippen molar-refractivity contribution in [2.45, 2.75) is 19.9 Å². The second-order valence-corrected chi connectivity index (χ2v) is 6.42. The van der Waals surface area contributed by atoms with Gasteiger partial charge in [-0.3, -0.25) is 0 Å². The molecule has 2 amide bonds. The van der Waals surface area contributed by atoms with E-state index in [4.69, 9.17) is 14.2 Å². The van der Waals surface area contributed by atoms with E-state index in [2.05, 4.69) is 10.6 Å². The molecule has 2 aromatic carbocycles. The molecule has 0 saturated carbocycles. The summed E-state index contributed by atoms with van der Waals surface area (Å²) in [5, 5.41) is 5.10. The van der Waals surface area contributed by atoms with Gasteiger partial charge >= 0.3 is 18.0 Å². The zero-order valence-electron chi connectivity index (χ0n) is 16.6. The van der Waals surface area contributed by atoms with Crippen LogP contribution in [0.25, 0.3) is 0 Å². The Hall–Kier alpha value is -3.81. The fraction of sp³-hybridized carbons (Fsp3) is 0.227. The lowest BCUT2D eigenvalue weighted by Crippen LogP contribution is -2.50. The molecule has 3 rings (SSSR count). The lowest BCUT2D eigenvalue weighted by atomic mass is 10.0. The van der Waals surface area contributed by atoms with Gasteiger partial charge in [-0.1, -0.05) is 30.3 Å². The van der Waals surface area contributed by atoms with E-state index >= 15 is 0 Å². The molecule has 1 atom stereocenters. The summed E-state index contributed by atoms with van der Waals surface area (Å²) in [5.74, 6) is -0.338. The number of rotatable bonds is 7. The number of carbonyl (C=O) groups excluding carboxylic acids is 3. The average molecular weight is 410 g/mol. The SMILES string of the molecule is CCOC(=O)C1=C(COC(=O)c2ccccc2Oc2ccccc2)NC(=O)N[C@H]1C. The van der Waals surface area contributed by atoms with Gasteiger partial charge in [0.15, 0.2) is 0 Å². The van der Waals surface area contributed by atoms with Crippen LogP contribution in [0.2, 0.25) is 0 Å². The third-order valence-electron chi connectivity index (χ3n) is 4.29. The maximum absolute atomic E-state index is 12.7. The molecule has 0 unspecified atom stereocenters. The molecule has 0 spiro atoms. The Morgan fingerprint density at radius 2 is 1.67 bits per heavy atom. The first-order valence-corrected chi connectivity index (χ1v) is 9.46. The largest absolute Gasteiger partial charge is 0.463 e. The Balaban J connectivity index is 1.78. The fourth-order valence-electron chi connectivity index (χ4n) is 2.95. The molecule has 0 radical (unpaired) electrons. The average Bonchev–Trinajstić information content (AvgIpc) is 2.73. The number of para-hydroxylation sites is 2. The minimum atomic E-state index is -0.655. The van der Waals surface area contributed by atoms with Gasteiger partial charge in [0.1, 0.15) is 23.7 Å². The maximum atomic E-state index is 12.7. The molecule has 0 fully saturated rings. The van der Waals surface area contributed by atoms with Crippen molar-refractivity contribution in [1.82, 2.24) is 10.6 Å². The number of esters is 2. The van der Waals surface area contributed by atoms with Crippen LogP contribution in [0.1, 0.15) is 24.2 Å². The molecule has 0 saturated heterocycles. The number of benzene rings is 2. The first kappa shape index (κ1) is 20.9. The van der Waals surface area contributed by atoms with Gasteiger partial charge in [-0.15, -0.1) is 0 Å². The van der Waals surface area contributed by atoms with Crippen molar-refractivity contribution < 1.29 is 28.6 Å². The smallest absolute Gasteiger partial charge is 0.342 e. The van der Waals surface area contributed by atoms with E-state index in [-0.39, 0.29) is 30.0 Å². The van der Waals surface area contributed by atoms with Crippen molar-refractivity contribution >= 4 is 18.0 Å². The number of amides is 2.